The Bertz CT molecular complexity index is 603. The summed E-state index contributed by atoms with van der Waals surface area (Å²) < 4.78 is 17.1. The lowest BCUT2D eigenvalue weighted by molar-refractivity contribution is 0.0783. The van der Waals surface area contributed by atoms with Crippen LogP contribution in [0.25, 0.3) is 0 Å². The van der Waals surface area contributed by atoms with E-state index in [0.29, 0.717) is 13.2 Å². The molecule has 7 heteroatoms. The lowest BCUT2D eigenvalue weighted by atomic mass is 9.99. The number of guanidine groups is 1. The second-order valence-electron chi connectivity index (χ2n) is 6.26. The van der Waals surface area contributed by atoms with Gasteiger partial charge in [0.25, 0.3) is 0 Å². The molecule has 3 rings (SSSR count). The Morgan fingerprint density at radius 3 is 2.64 bits per heavy atom. The van der Waals surface area contributed by atoms with Crippen LogP contribution in [0.15, 0.2) is 23.2 Å². The van der Waals surface area contributed by atoms with Gasteiger partial charge in [-0.2, -0.15) is 11.8 Å². The molecule has 2 heterocycles. The number of aliphatic imine (C=N–C) groups is 1. The van der Waals surface area contributed by atoms with E-state index < -0.39 is 0 Å². The van der Waals surface area contributed by atoms with Crippen LogP contribution in [0.4, 0.5) is 5.69 Å². The third kappa shape index (κ3) is 4.73. The third-order valence-corrected chi connectivity index (χ3v) is 6.07. The van der Waals surface area contributed by atoms with E-state index in [4.69, 9.17) is 14.2 Å². The molecule has 0 aromatic heterocycles. The summed E-state index contributed by atoms with van der Waals surface area (Å²) in [6.45, 7) is 3.90. The van der Waals surface area contributed by atoms with Gasteiger partial charge < -0.3 is 24.8 Å². The van der Waals surface area contributed by atoms with E-state index in [-0.39, 0.29) is 4.75 Å². The van der Waals surface area contributed by atoms with Gasteiger partial charge >= 0.3 is 0 Å². The van der Waals surface area contributed by atoms with Crippen molar-refractivity contribution in [2.24, 2.45) is 4.99 Å². The summed E-state index contributed by atoms with van der Waals surface area (Å²) in [5.74, 6) is 2.34. The fraction of sp³-hybridized carbons (Fsp3) is 0.611. The average Bonchev–Trinajstić information content (AvgIpc) is 2.90. The molecule has 2 N–H and O–H groups in total. The van der Waals surface area contributed by atoms with Crippen LogP contribution in [0.3, 0.4) is 0 Å². The molecule has 25 heavy (non-hydrogen) atoms. The maximum Gasteiger partial charge on any atom is 0.195 e. The highest BCUT2D eigenvalue weighted by molar-refractivity contribution is 8.00. The predicted molar refractivity (Wildman–Crippen MR) is 103 cm³/mol. The van der Waals surface area contributed by atoms with Crippen molar-refractivity contribution >= 4 is 23.4 Å². The molecule has 0 amide bonds. The van der Waals surface area contributed by atoms with Crippen molar-refractivity contribution in [2.45, 2.75) is 24.0 Å². The van der Waals surface area contributed by atoms with Crippen molar-refractivity contribution < 1.29 is 14.2 Å². The van der Waals surface area contributed by atoms with Gasteiger partial charge in [-0.15, -0.1) is 0 Å². The maximum absolute atomic E-state index is 5.75. The standard InChI is InChI=1S/C18H27N3O3S/c1-19-17(20-13-18(25-2)6-10-22-11-7-18)21-14-4-5-15-16(12-14)24-9-3-8-23-15/h4-5,12H,3,6-11,13H2,1-2H3,(H2,19,20,21). The molecule has 1 fully saturated rings. The Hall–Kier alpha value is -1.60. The monoisotopic (exact) mass is 365 g/mol. The second-order valence-corrected chi connectivity index (χ2v) is 7.54. The minimum Gasteiger partial charge on any atom is -0.490 e. The summed E-state index contributed by atoms with van der Waals surface area (Å²) >= 11 is 1.91. The Morgan fingerprint density at radius 1 is 1.16 bits per heavy atom. The minimum absolute atomic E-state index is 0.209. The maximum atomic E-state index is 5.75. The molecule has 0 spiro atoms. The number of ether oxygens (including phenoxy) is 3. The van der Waals surface area contributed by atoms with E-state index in [1.165, 1.54) is 0 Å². The lowest BCUT2D eigenvalue weighted by Crippen LogP contribution is -2.45. The highest BCUT2D eigenvalue weighted by Crippen LogP contribution is 2.34. The van der Waals surface area contributed by atoms with Crippen molar-refractivity contribution in [3.8, 4) is 11.5 Å². The van der Waals surface area contributed by atoms with Crippen LogP contribution in [0.5, 0.6) is 11.5 Å². The Labute approximate surface area is 153 Å². The van der Waals surface area contributed by atoms with Crippen molar-refractivity contribution in [3.05, 3.63) is 18.2 Å². The highest BCUT2D eigenvalue weighted by atomic mass is 32.2. The molecule has 1 saturated heterocycles. The van der Waals surface area contributed by atoms with Gasteiger partial charge in [-0.25, -0.2) is 0 Å². The molecule has 0 bridgehead atoms. The molecule has 6 nitrogen and oxygen atoms in total. The summed E-state index contributed by atoms with van der Waals surface area (Å²) in [4.78, 5) is 4.35. The van der Waals surface area contributed by atoms with Gasteiger partial charge in [-0.1, -0.05) is 0 Å². The number of benzene rings is 1. The number of anilines is 1. The SMILES string of the molecule is CN=C(NCC1(SC)CCOCC1)Nc1ccc2c(c1)OCCCO2. The van der Waals surface area contributed by atoms with Gasteiger partial charge in [-0.3, -0.25) is 4.99 Å². The number of fused-ring (bicyclic) bond motifs is 1. The normalized spacial score (nSPS) is 19.8. The van der Waals surface area contributed by atoms with Crippen LogP contribution in [0, 0.1) is 0 Å². The zero-order chi connectivity index (χ0) is 17.5. The number of thioether (sulfide) groups is 1. The summed E-state index contributed by atoms with van der Waals surface area (Å²) in [6, 6.07) is 5.89. The summed E-state index contributed by atoms with van der Waals surface area (Å²) in [5.41, 5.74) is 0.933. The molecule has 1 aromatic rings. The topological polar surface area (TPSA) is 64.1 Å². The zero-order valence-electron chi connectivity index (χ0n) is 15.0. The number of nitrogens with one attached hydrogen (secondary N) is 2. The number of nitrogens with zero attached hydrogens (tertiary/aromatic N) is 1. The lowest BCUT2D eigenvalue weighted by Gasteiger charge is -2.36. The van der Waals surface area contributed by atoms with Crippen molar-refractivity contribution in [2.75, 3.05) is 51.6 Å². The fourth-order valence-corrected chi connectivity index (χ4v) is 3.79. The van der Waals surface area contributed by atoms with E-state index in [2.05, 4.69) is 21.9 Å². The number of rotatable bonds is 4. The van der Waals surface area contributed by atoms with Crippen molar-refractivity contribution in [1.82, 2.24) is 5.32 Å². The first-order valence-corrected chi connectivity index (χ1v) is 9.97. The number of hydrogen-bond acceptors (Lipinski definition) is 5. The second kappa shape index (κ2) is 8.67. The Morgan fingerprint density at radius 2 is 1.92 bits per heavy atom. The van der Waals surface area contributed by atoms with Crippen LogP contribution in [0.1, 0.15) is 19.3 Å². The first-order chi connectivity index (χ1) is 12.2. The van der Waals surface area contributed by atoms with E-state index in [9.17, 15) is 0 Å². The molecule has 0 aliphatic carbocycles. The fourth-order valence-electron chi connectivity index (χ4n) is 3.00. The molecule has 138 valence electrons. The van der Waals surface area contributed by atoms with Gasteiger partial charge in [0.1, 0.15) is 0 Å². The van der Waals surface area contributed by atoms with Crippen LogP contribution < -0.4 is 20.1 Å². The molecular formula is C18H27N3O3S. The number of hydrogen-bond donors (Lipinski definition) is 2. The first kappa shape index (κ1) is 18.2. The van der Waals surface area contributed by atoms with Gasteiger partial charge in [0, 0.05) is 49.7 Å². The molecule has 2 aliphatic rings. The van der Waals surface area contributed by atoms with E-state index in [0.717, 1.165) is 62.2 Å². The summed E-state index contributed by atoms with van der Waals surface area (Å²) in [5, 5.41) is 6.81. The van der Waals surface area contributed by atoms with E-state index >= 15 is 0 Å². The highest BCUT2D eigenvalue weighted by Gasteiger charge is 2.31. The van der Waals surface area contributed by atoms with Crippen molar-refractivity contribution in [1.29, 1.82) is 0 Å². The zero-order valence-corrected chi connectivity index (χ0v) is 15.8. The van der Waals surface area contributed by atoms with Crippen molar-refractivity contribution in [3.63, 3.8) is 0 Å². The van der Waals surface area contributed by atoms with Gasteiger partial charge in [-0.05, 0) is 31.2 Å². The van der Waals surface area contributed by atoms with E-state index in [1.54, 1.807) is 7.05 Å². The van der Waals surface area contributed by atoms with Gasteiger partial charge in [0.15, 0.2) is 17.5 Å². The predicted octanol–water partition coefficient (Wildman–Crippen LogP) is 2.75. The largest absolute Gasteiger partial charge is 0.490 e. The average molecular weight is 365 g/mol. The molecule has 1 aromatic carbocycles. The first-order valence-electron chi connectivity index (χ1n) is 8.75. The van der Waals surface area contributed by atoms with Gasteiger partial charge in [0.2, 0.25) is 0 Å². The summed E-state index contributed by atoms with van der Waals surface area (Å²) in [7, 11) is 1.79. The van der Waals surface area contributed by atoms with Crippen LogP contribution >= 0.6 is 11.8 Å². The third-order valence-electron chi connectivity index (χ3n) is 4.65. The summed E-state index contributed by atoms with van der Waals surface area (Å²) in [6.07, 6.45) is 5.19. The molecule has 2 aliphatic heterocycles. The van der Waals surface area contributed by atoms with Crippen LogP contribution in [-0.2, 0) is 4.74 Å². The molecule has 0 radical (unpaired) electrons. The quantitative estimate of drug-likeness (QED) is 0.632. The molecule has 0 atom stereocenters. The smallest absolute Gasteiger partial charge is 0.195 e. The Balaban J connectivity index is 1.61. The molecule has 0 unspecified atom stereocenters. The van der Waals surface area contributed by atoms with Crippen LogP contribution in [0.2, 0.25) is 0 Å². The van der Waals surface area contributed by atoms with Gasteiger partial charge in [0.05, 0.1) is 13.2 Å². The minimum atomic E-state index is 0.209. The Kier molecular flexibility index (Phi) is 6.31. The molecular weight excluding hydrogens is 338 g/mol. The molecule has 0 saturated carbocycles. The van der Waals surface area contributed by atoms with E-state index in [1.807, 2.05) is 30.0 Å². The van der Waals surface area contributed by atoms with Crippen LogP contribution in [-0.4, -0.2) is 57.0 Å².